The Hall–Kier alpha value is -2.73. The Kier molecular flexibility index (Phi) is 4.66. The third-order valence-corrected chi connectivity index (χ3v) is 5.11. The highest BCUT2D eigenvalue weighted by atomic mass is 19.1. The van der Waals surface area contributed by atoms with Crippen LogP contribution in [0.4, 0.5) is 8.78 Å². The van der Waals surface area contributed by atoms with Crippen LogP contribution in [0.2, 0.25) is 0 Å². The van der Waals surface area contributed by atoms with E-state index in [1.54, 1.807) is 11.0 Å². The topological polar surface area (TPSA) is 62.1 Å². The van der Waals surface area contributed by atoms with Gasteiger partial charge in [0, 0.05) is 36.1 Å². The molecule has 0 saturated carbocycles. The number of nitrogens with zero attached hydrogens (tertiary/aromatic N) is 1. The molecule has 27 heavy (non-hydrogen) atoms. The van der Waals surface area contributed by atoms with Gasteiger partial charge in [-0.15, -0.1) is 0 Å². The number of hydrogen-bond acceptors (Lipinski definition) is 2. The summed E-state index contributed by atoms with van der Waals surface area (Å²) >= 11 is 0. The number of carbonyl (C=O) groups is 1. The van der Waals surface area contributed by atoms with Gasteiger partial charge in [0.15, 0.2) is 0 Å². The van der Waals surface area contributed by atoms with Crippen molar-refractivity contribution in [2.24, 2.45) is 5.73 Å². The summed E-state index contributed by atoms with van der Waals surface area (Å²) in [5.41, 5.74) is 9.16. The average Bonchev–Trinajstić information content (AvgIpc) is 3.00. The van der Waals surface area contributed by atoms with Crippen LogP contribution in [0.1, 0.15) is 28.9 Å². The van der Waals surface area contributed by atoms with Gasteiger partial charge in [0.1, 0.15) is 17.7 Å². The molecule has 3 N–H and O–H groups in total. The summed E-state index contributed by atoms with van der Waals surface area (Å²) in [4.78, 5) is 18.1. The summed E-state index contributed by atoms with van der Waals surface area (Å²) in [6.45, 7) is 0.874. The van der Waals surface area contributed by atoms with Gasteiger partial charge in [-0.1, -0.05) is 24.3 Å². The average molecular weight is 369 g/mol. The largest absolute Gasteiger partial charge is 0.350 e. The summed E-state index contributed by atoms with van der Waals surface area (Å²) < 4.78 is 27.3. The Bertz CT molecular complexity index is 998. The van der Waals surface area contributed by atoms with Crippen LogP contribution in [-0.4, -0.2) is 35.1 Å². The van der Waals surface area contributed by atoms with Crippen LogP contribution in [-0.2, 0) is 6.54 Å². The smallest absolute Gasteiger partial charge is 0.271 e. The number of benzene rings is 2. The predicted octanol–water partition coefficient (Wildman–Crippen LogP) is 4.01. The van der Waals surface area contributed by atoms with Crippen molar-refractivity contribution in [1.82, 2.24) is 9.88 Å². The van der Waals surface area contributed by atoms with E-state index in [2.05, 4.69) is 4.98 Å². The monoisotopic (exact) mass is 369 g/mol. The lowest BCUT2D eigenvalue weighted by Gasteiger charge is -2.21. The molecular formula is C21H21F2N3O. The van der Waals surface area contributed by atoms with Crippen LogP contribution >= 0.6 is 0 Å². The number of alkyl halides is 1. The minimum Gasteiger partial charge on any atom is -0.350 e. The fourth-order valence-corrected chi connectivity index (χ4v) is 3.74. The zero-order valence-electron chi connectivity index (χ0n) is 14.8. The van der Waals surface area contributed by atoms with E-state index in [9.17, 15) is 13.6 Å². The van der Waals surface area contributed by atoms with E-state index in [0.29, 0.717) is 37.0 Å². The molecule has 1 atom stereocenters. The molecule has 4 nitrogen and oxygen atoms in total. The molecule has 3 aromatic rings. The number of H-pyrrole nitrogens is 1. The lowest BCUT2D eigenvalue weighted by molar-refractivity contribution is 0.0735. The van der Waals surface area contributed by atoms with E-state index in [4.69, 9.17) is 5.73 Å². The van der Waals surface area contributed by atoms with Gasteiger partial charge in [-0.2, -0.15) is 0 Å². The Morgan fingerprint density at radius 2 is 2.04 bits per heavy atom. The molecule has 0 spiro atoms. The lowest BCUT2D eigenvalue weighted by atomic mass is 9.98. The molecule has 2 heterocycles. The molecular weight excluding hydrogens is 348 g/mol. The quantitative estimate of drug-likeness (QED) is 0.714. The molecule has 0 fully saturated rings. The zero-order valence-corrected chi connectivity index (χ0v) is 14.8. The Balaban J connectivity index is 1.78. The van der Waals surface area contributed by atoms with Crippen molar-refractivity contribution < 1.29 is 13.6 Å². The molecule has 0 saturated heterocycles. The highest BCUT2D eigenvalue weighted by molar-refractivity contribution is 6.11. The Labute approximate surface area is 156 Å². The molecule has 1 unspecified atom stereocenters. The van der Waals surface area contributed by atoms with Crippen LogP contribution in [0.5, 0.6) is 0 Å². The normalized spacial score (nSPS) is 14.8. The van der Waals surface area contributed by atoms with Crippen LogP contribution < -0.4 is 5.73 Å². The van der Waals surface area contributed by atoms with E-state index in [1.807, 2.05) is 24.3 Å². The molecule has 140 valence electrons. The van der Waals surface area contributed by atoms with Crippen molar-refractivity contribution >= 4 is 16.8 Å². The number of nitrogens with two attached hydrogens (primary N) is 1. The summed E-state index contributed by atoms with van der Waals surface area (Å²) in [5, 5.41) is 0.694. The molecule has 0 aliphatic carbocycles. The molecule has 0 radical (unpaired) electrons. The summed E-state index contributed by atoms with van der Waals surface area (Å²) in [7, 11) is 0. The van der Waals surface area contributed by atoms with Crippen molar-refractivity contribution in [3.63, 3.8) is 0 Å². The molecule has 1 aliphatic rings. The molecule has 6 heteroatoms. The first kappa shape index (κ1) is 17.7. The maximum absolute atomic E-state index is 13.9. The number of aromatic nitrogens is 1. The second kappa shape index (κ2) is 7.12. The summed E-state index contributed by atoms with van der Waals surface area (Å²) in [5.74, 6) is -0.493. The predicted molar refractivity (Wildman–Crippen MR) is 102 cm³/mol. The number of hydrogen-bond donors (Lipinski definition) is 2. The second-order valence-corrected chi connectivity index (χ2v) is 6.92. The van der Waals surface area contributed by atoms with Crippen molar-refractivity contribution in [2.75, 3.05) is 13.1 Å². The van der Waals surface area contributed by atoms with Crippen molar-refractivity contribution in [1.29, 1.82) is 0 Å². The molecule has 2 aromatic carbocycles. The van der Waals surface area contributed by atoms with Gasteiger partial charge in [0.05, 0.1) is 0 Å². The van der Waals surface area contributed by atoms with Gasteiger partial charge < -0.3 is 15.6 Å². The lowest BCUT2D eigenvalue weighted by Crippen LogP contribution is -2.31. The second-order valence-electron chi connectivity index (χ2n) is 6.92. The first-order valence-electron chi connectivity index (χ1n) is 9.11. The number of carbonyl (C=O) groups excluding carboxylic acids is 1. The molecule has 1 aliphatic heterocycles. The highest BCUT2D eigenvalue weighted by Crippen LogP contribution is 2.38. The van der Waals surface area contributed by atoms with Gasteiger partial charge in [-0.05, 0) is 42.2 Å². The minimum absolute atomic E-state index is 0.00545. The standard InChI is InChI=1S/C21H21F2N3O/c22-14-7-8-18-17(10-14)19-16-6-2-1-4-13(16)12-26(21(27)20(19)25-18)9-3-5-15(23)11-24/h1-2,4,6-8,10,15,25H,3,5,9,11-12,24H2. The van der Waals surface area contributed by atoms with Crippen molar-refractivity contribution in [3.8, 4) is 11.1 Å². The Morgan fingerprint density at radius 1 is 1.22 bits per heavy atom. The number of amides is 1. The number of nitrogens with one attached hydrogen (secondary N) is 1. The summed E-state index contributed by atoms with van der Waals surface area (Å²) in [6, 6.07) is 12.2. The van der Waals surface area contributed by atoms with Crippen LogP contribution in [0.15, 0.2) is 42.5 Å². The van der Waals surface area contributed by atoms with E-state index in [1.165, 1.54) is 12.1 Å². The number of rotatable bonds is 5. The first-order valence-corrected chi connectivity index (χ1v) is 9.11. The fourth-order valence-electron chi connectivity index (χ4n) is 3.74. The molecule has 0 bridgehead atoms. The van der Waals surface area contributed by atoms with Crippen molar-refractivity contribution in [3.05, 3.63) is 59.5 Å². The molecule has 1 aromatic heterocycles. The summed E-state index contributed by atoms with van der Waals surface area (Å²) in [6.07, 6.45) is -0.186. The number of aromatic amines is 1. The zero-order chi connectivity index (χ0) is 19.0. The minimum atomic E-state index is -1.05. The van der Waals surface area contributed by atoms with Crippen molar-refractivity contribution in [2.45, 2.75) is 25.6 Å². The van der Waals surface area contributed by atoms with E-state index in [0.717, 1.165) is 22.2 Å². The highest BCUT2D eigenvalue weighted by Gasteiger charge is 2.29. The maximum Gasteiger partial charge on any atom is 0.271 e. The van der Waals surface area contributed by atoms with Gasteiger partial charge in [-0.3, -0.25) is 4.79 Å². The van der Waals surface area contributed by atoms with E-state index >= 15 is 0 Å². The van der Waals surface area contributed by atoms with Crippen LogP contribution in [0, 0.1) is 5.82 Å². The van der Waals surface area contributed by atoms with Gasteiger partial charge >= 0.3 is 0 Å². The van der Waals surface area contributed by atoms with Crippen LogP contribution in [0.25, 0.3) is 22.0 Å². The molecule has 1 amide bonds. The fraction of sp³-hybridized carbons (Fsp3) is 0.286. The van der Waals surface area contributed by atoms with Gasteiger partial charge in [0.2, 0.25) is 0 Å². The third-order valence-electron chi connectivity index (χ3n) is 5.11. The number of halogens is 2. The van der Waals surface area contributed by atoms with Crippen LogP contribution in [0.3, 0.4) is 0 Å². The van der Waals surface area contributed by atoms with E-state index < -0.39 is 6.17 Å². The van der Waals surface area contributed by atoms with E-state index in [-0.39, 0.29) is 18.3 Å². The molecule has 4 rings (SSSR count). The maximum atomic E-state index is 13.9. The van der Waals surface area contributed by atoms with Gasteiger partial charge in [-0.25, -0.2) is 8.78 Å². The Morgan fingerprint density at radius 3 is 2.85 bits per heavy atom. The number of fused-ring (bicyclic) bond motifs is 5. The SMILES string of the molecule is NCC(F)CCCN1Cc2ccccc2-c2c([nH]c3ccc(F)cc23)C1=O. The third kappa shape index (κ3) is 3.21. The first-order chi connectivity index (χ1) is 13.1. The van der Waals surface area contributed by atoms with Gasteiger partial charge in [0.25, 0.3) is 5.91 Å².